The van der Waals surface area contributed by atoms with Crippen molar-refractivity contribution in [3.8, 4) is 0 Å². The van der Waals surface area contributed by atoms with Crippen molar-refractivity contribution in [1.29, 1.82) is 0 Å². The minimum absolute atomic E-state index is 0.219. The number of carbonyl (C=O) groups excluding carboxylic acids is 2. The first-order valence-corrected chi connectivity index (χ1v) is 12.5. The molecule has 0 aliphatic carbocycles. The second-order valence-electron chi connectivity index (χ2n) is 7.63. The second kappa shape index (κ2) is 20.7. The number of rotatable bonds is 25. The molecule has 0 radical (unpaired) electrons. The molecular weight excluding hydrogens is 486 g/mol. The summed E-state index contributed by atoms with van der Waals surface area (Å²) >= 11 is 0. The maximum atomic E-state index is 12.3. The zero-order valence-electron chi connectivity index (χ0n) is 21.4. The van der Waals surface area contributed by atoms with Crippen molar-refractivity contribution in [3.63, 3.8) is 0 Å². The Hall–Kier alpha value is -2.38. The number of carbonyl (C=O) groups is 2. The number of ether oxygens (including phenoxy) is 8. The molecule has 1 aromatic carbocycles. The average molecular weight is 526 g/mol. The Morgan fingerprint density at radius 1 is 0.541 bits per heavy atom. The summed E-state index contributed by atoms with van der Waals surface area (Å²) in [4.78, 5) is 25.7. The quantitative estimate of drug-likeness (QED) is 0.106. The summed E-state index contributed by atoms with van der Waals surface area (Å²) < 4.78 is 42.8. The van der Waals surface area contributed by atoms with Gasteiger partial charge in [-0.15, -0.1) is 0 Å². The summed E-state index contributed by atoms with van der Waals surface area (Å²) in [6.45, 7) is 10.6. The molecule has 37 heavy (non-hydrogen) atoms. The van der Waals surface area contributed by atoms with Crippen LogP contribution in [0, 0.1) is 0 Å². The Morgan fingerprint density at radius 2 is 0.865 bits per heavy atom. The van der Waals surface area contributed by atoms with Crippen LogP contribution < -0.4 is 0 Å². The van der Waals surface area contributed by atoms with Crippen LogP contribution in [0.2, 0.25) is 0 Å². The van der Waals surface area contributed by atoms with Crippen LogP contribution in [0.3, 0.4) is 0 Å². The number of nitrogens with zero attached hydrogens (tertiary/aromatic N) is 1. The summed E-state index contributed by atoms with van der Waals surface area (Å²) in [6, 6.07) is 6.82. The number of hydrogen-bond donors (Lipinski definition) is 0. The number of benzene rings is 1. The van der Waals surface area contributed by atoms with E-state index in [2.05, 4.69) is 6.58 Å². The Labute approximate surface area is 218 Å². The first-order chi connectivity index (χ1) is 18.3. The van der Waals surface area contributed by atoms with Gasteiger partial charge in [-0.3, -0.25) is 14.5 Å². The predicted octanol–water partition coefficient (Wildman–Crippen LogP) is 1.56. The molecule has 11 heteroatoms. The standard InChI is InChI=1S/C26H39NO10/c1-2-30-9-10-32-13-14-34-17-18-36-21-22-37-20-19-35-16-15-33-12-11-31-8-7-27-25(28)23-5-3-4-6-24(23)26(27)29/h2-6H,1,7-22H2. The van der Waals surface area contributed by atoms with E-state index in [0.717, 1.165) is 0 Å². The van der Waals surface area contributed by atoms with Gasteiger partial charge in [0.25, 0.3) is 11.8 Å². The molecule has 0 aromatic heterocycles. The molecule has 0 N–H and O–H groups in total. The maximum Gasteiger partial charge on any atom is 0.261 e. The average Bonchev–Trinajstić information content (AvgIpc) is 3.16. The van der Waals surface area contributed by atoms with Crippen LogP contribution in [-0.4, -0.2) is 122 Å². The molecule has 0 saturated heterocycles. The van der Waals surface area contributed by atoms with Gasteiger partial charge in [-0.05, 0) is 12.1 Å². The van der Waals surface area contributed by atoms with Crippen LogP contribution in [0.5, 0.6) is 0 Å². The van der Waals surface area contributed by atoms with Crippen LogP contribution in [0.15, 0.2) is 37.1 Å². The van der Waals surface area contributed by atoms with Crippen LogP contribution in [-0.2, 0) is 37.9 Å². The largest absolute Gasteiger partial charge is 0.499 e. The van der Waals surface area contributed by atoms with Gasteiger partial charge in [-0.25, -0.2) is 0 Å². The van der Waals surface area contributed by atoms with E-state index in [1.807, 2.05) is 0 Å². The SMILES string of the molecule is C=COCCOCCOCCOCCOCCOCCOCCOCCN1C(=O)c2ccccc2C1=O. The van der Waals surface area contributed by atoms with Gasteiger partial charge >= 0.3 is 0 Å². The van der Waals surface area contributed by atoms with E-state index in [9.17, 15) is 9.59 Å². The van der Waals surface area contributed by atoms with Gasteiger partial charge in [-0.1, -0.05) is 18.7 Å². The van der Waals surface area contributed by atoms with Crippen molar-refractivity contribution < 1.29 is 47.5 Å². The van der Waals surface area contributed by atoms with Gasteiger partial charge < -0.3 is 37.9 Å². The number of imide groups is 1. The van der Waals surface area contributed by atoms with Gasteiger partial charge in [0.05, 0.1) is 116 Å². The fraction of sp³-hybridized carbons (Fsp3) is 0.615. The van der Waals surface area contributed by atoms with E-state index in [1.54, 1.807) is 24.3 Å². The molecule has 208 valence electrons. The maximum absolute atomic E-state index is 12.3. The highest BCUT2D eigenvalue weighted by molar-refractivity contribution is 6.21. The van der Waals surface area contributed by atoms with Crippen molar-refractivity contribution in [3.05, 3.63) is 48.2 Å². The summed E-state index contributed by atoms with van der Waals surface area (Å²) in [7, 11) is 0. The summed E-state index contributed by atoms with van der Waals surface area (Å²) in [5.74, 6) is -0.549. The van der Waals surface area contributed by atoms with Gasteiger partial charge in [-0.2, -0.15) is 0 Å². The summed E-state index contributed by atoms with van der Waals surface area (Å²) in [5.41, 5.74) is 0.889. The van der Waals surface area contributed by atoms with Crippen molar-refractivity contribution >= 4 is 11.8 Å². The van der Waals surface area contributed by atoms with Crippen molar-refractivity contribution in [2.45, 2.75) is 0 Å². The number of hydrogen-bond acceptors (Lipinski definition) is 10. The monoisotopic (exact) mass is 525 g/mol. The highest BCUT2D eigenvalue weighted by atomic mass is 16.6. The molecule has 1 aromatic rings. The lowest BCUT2D eigenvalue weighted by Crippen LogP contribution is -2.33. The molecule has 0 atom stereocenters. The Kier molecular flexibility index (Phi) is 17.2. The molecular formula is C26H39NO10. The predicted molar refractivity (Wildman–Crippen MR) is 134 cm³/mol. The van der Waals surface area contributed by atoms with Crippen LogP contribution in [0.4, 0.5) is 0 Å². The smallest absolute Gasteiger partial charge is 0.261 e. The first-order valence-electron chi connectivity index (χ1n) is 12.5. The van der Waals surface area contributed by atoms with Crippen LogP contribution in [0.1, 0.15) is 20.7 Å². The van der Waals surface area contributed by atoms with E-state index in [4.69, 9.17) is 37.9 Å². The zero-order chi connectivity index (χ0) is 26.4. The third-order valence-corrected chi connectivity index (χ3v) is 5.03. The molecule has 0 bridgehead atoms. The fourth-order valence-corrected chi connectivity index (χ4v) is 3.21. The zero-order valence-corrected chi connectivity index (χ0v) is 21.4. The third-order valence-electron chi connectivity index (χ3n) is 5.03. The Balaban J connectivity index is 1.25. The van der Waals surface area contributed by atoms with Crippen molar-refractivity contribution in [2.24, 2.45) is 0 Å². The van der Waals surface area contributed by atoms with Crippen LogP contribution >= 0.6 is 0 Å². The molecule has 0 unspecified atom stereocenters. The highest BCUT2D eigenvalue weighted by Gasteiger charge is 2.34. The minimum atomic E-state index is -0.275. The van der Waals surface area contributed by atoms with Crippen molar-refractivity contribution in [2.75, 3.05) is 106 Å². The second-order valence-corrected chi connectivity index (χ2v) is 7.63. The van der Waals surface area contributed by atoms with E-state index in [0.29, 0.717) is 104 Å². The summed E-state index contributed by atoms with van der Waals surface area (Å²) in [5, 5.41) is 0. The van der Waals surface area contributed by atoms with Crippen molar-refractivity contribution in [1.82, 2.24) is 4.90 Å². The normalized spacial score (nSPS) is 12.8. The van der Waals surface area contributed by atoms with Gasteiger partial charge in [0.15, 0.2) is 0 Å². The van der Waals surface area contributed by atoms with E-state index in [1.165, 1.54) is 11.2 Å². The molecule has 1 aliphatic rings. The van der Waals surface area contributed by atoms with E-state index < -0.39 is 0 Å². The van der Waals surface area contributed by atoms with Gasteiger partial charge in [0.1, 0.15) is 6.61 Å². The third kappa shape index (κ3) is 13.1. The fourth-order valence-electron chi connectivity index (χ4n) is 3.21. The molecule has 0 saturated carbocycles. The highest BCUT2D eigenvalue weighted by Crippen LogP contribution is 2.21. The molecule has 2 amide bonds. The Bertz CT molecular complexity index is 740. The van der Waals surface area contributed by atoms with Crippen LogP contribution in [0.25, 0.3) is 0 Å². The van der Waals surface area contributed by atoms with E-state index >= 15 is 0 Å². The lowest BCUT2D eigenvalue weighted by molar-refractivity contribution is -0.0219. The molecule has 0 spiro atoms. The Morgan fingerprint density at radius 3 is 1.22 bits per heavy atom. The molecule has 11 nitrogen and oxygen atoms in total. The summed E-state index contributed by atoms with van der Waals surface area (Å²) in [6.07, 6.45) is 1.39. The number of fused-ring (bicyclic) bond motifs is 1. The van der Waals surface area contributed by atoms with Gasteiger partial charge in [0.2, 0.25) is 0 Å². The lowest BCUT2D eigenvalue weighted by Gasteiger charge is -2.13. The molecule has 1 aliphatic heterocycles. The molecule has 2 rings (SSSR count). The topological polar surface area (TPSA) is 111 Å². The first kappa shape index (κ1) is 30.8. The van der Waals surface area contributed by atoms with Gasteiger partial charge in [0, 0.05) is 0 Å². The molecule has 1 heterocycles. The van der Waals surface area contributed by atoms with E-state index in [-0.39, 0.29) is 25.0 Å². The number of amides is 2. The minimum Gasteiger partial charge on any atom is -0.499 e. The lowest BCUT2D eigenvalue weighted by atomic mass is 10.1. The molecule has 0 fully saturated rings.